The molecule has 1 heterocycles. The molecular weight excluding hydrogens is 228 g/mol. The van der Waals surface area contributed by atoms with Crippen molar-refractivity contribution in [2.45, 2.75) is 24.9 Å². The average molecular weight is 250 g/mol. The van der Waals surface area contributed by atoms with Crippen LogP contribution in [0.15, 0.2) is 27.8 Å². The van der Waals surface area contributed by atoms with Gasteiger partial charge in [0.05, 0.1) is 12.3 Å². The summed E-state index contributed by atoms with van der Waals surface area (Å²) in [5, 5.41) is 6.72. The van der Waals surface area contributed by atoms with E-state index in [1.165, 1.54) is 12.8 Å². The van der Waals surface area contributed by atoms with Crippen molar-refractivity contribution in [3.63, 3.8) is 0 Å². The minimum atomic E-state index is 0.206. The normalized spacial score (nSPS) is 17.9. The number of hydrogen-bond donors (Lipinski definition) is 2. The summed E-state index contributed by atoms with van der Waals surface area (Å²) in [6.07, 6.45) is 4.20. The van der Waals surface area contributed by atoms with Gasteiger partial charge in [0, 0.05) is 19.6 Å². The number of rotatable bonds is 5. The van der Waals surface area contributed by atoms with E-state index in [0.717, 1.165) is 18.3 Å². The molecule has 100 valence electrons. The molecule has 0 saturated heterocycles. The van der Waals surface area contributed by atoms with Gasteiger partial charge in [0.1, 0.15) is 5.76 Å². The zero-order chi connectivity index (χ0) is 13.0. The summed E-state index contributed by atoms with van der Waals surface area (Å²) < 4.78 is 5.47. The Kier molecular flexibility index (Phi) is 4.25. The fourth-order valence-corrected chi connectivity index (χ4v) is 1.83. The van der Waals surface area contributed by atoms with E-state index in [0.29, 0.717) is 6.04 Å². The van der Waals surface area contributed by atoms with E-state index in [-0.39, 0.29) is 6.04 Å². The van der Waals surface area contributed by atoms with Crippen LogP contribution in [0, 0.1) is 0 Å². The van der Waals surface area contributed by atoms with Gasteiger partial charge in [-0.15, -0.1) is 0 Å². The molecule has 0 spiro atoms. The van der Waals surface area contributed by atoms with E-state index < -0.39 is 0 Å². The largest absolute Gasteiger partial charge is 0.468 e. The lowest BCUT2D eigenvalue weighted by Gasteiger charge is -2.23. The van der Waals surface area contributed by atoms with Gasteiger partial charge in [0.2, 0.25) is 0 Å². The molecular formula is C13H22N4O. The monoisotopic (exact) mass is 250 g/mol. The second kappa shape index (κ2) is 5.91. The third kappa shape index (κ3) is 3.50. The molecule has 1 aromatic rings. The van der Waals surface area contributed by atoms with Crippen LogP contribution >= 0.6 is 0 Å². The third-order valence-electron chi connectivity index (χ3n) is 3.10. The number of nitrogens with one attached hydrogen (secondary N) is 2. The van der Waals surface area contributed by atoms with Crippen molar-refractivity contribution in [1.82, 2.24) is 15.5 Å². The number of aliphatic imine (C=N–C) groups is 1. The summed E-state index contributed by atoms with van der Waals surface area (Å²) in [5.41, 5.74) is 0. The molecule has 0 radical (unpaired) electrons. The molecule has 1 fully saturated rings. The Bertz CT molecular complexity index is 382. The Morgan fingerprint density at radius 2 is 2.33 bits per heavy atom. The number of hydrogen-bond acceptors (Lipinski definition) is 3. The van der Waals surface area contributed by atoms with Crippen molar-refractivity contribution in [2.24, 2.45) is 4.99 Å². The van der Waals surface area contributed by atoms with Crippen molar-refractivity contribution in [3.8, 4) is 0 Å². The van der Waals surface area contributed by atoms with Gasteiger partial charge in [-0.3, -0.25) is 9.89 Å². The summed E-state index contributed by atoms with van der Waals surface area (Å²) in [6, 6.07) is 4.74. The standard InChI is InChI=1S/C13H22N4O/c1-14-13(16-10-6-7-10)15-9-11(17(2)3)12-5-4-8-18-12/h4-5,8,10-11H,6-7,9H2,1-3H3,(H2,14,15,16). The zero-order valence-corrected chi connectivity index (χ0v) is 11.3. The number of furan rings is 1. The van der Waals surface area contributed by atoms with Crippen molar-refractivity contribution in [1.29, 1.82) is 0 Å². The van der Waals surface area contributed by atoms with E-state index in [2.05, 4.69) is 20.5 Å². The molecule has 1 atom stereocenters. The summed E-state index contributed by atoms with van der Waals surface area (Å²) >= 11 is 0. The van der Waals surface area contributed by atoms with Crippen molar-refractivity contribution in [2.75, 3.05) is 27.7 Å². The molecule has 5 heteroatoms. The Hall–Kier alpha value is -1.49. The maximum atomic E-state index is 5.47. The first-order chi connectivity index (χ1) is 8.70. The molecule has 0 bridgehead atoms. The smallest absolute Gasteiger partial charge is 0.191 e. The summed E-state index contributed by atoms with van der Waals surface area (Å²) in [4.78, 5) is 6.36. The van der Waals surface area contributed by atoms with Gasteiger partial charge >= 0.3 is 0 Å². The first kappa shape index (κ1) is 13.0. The second-order valence-corrected chi connectivity index (χ2v) is 4.87. The lowest BCUT2D eigenvalue weighted by molar-refractivity contribution is 0.258. The van der Waals surface area contributed by atoms with Crippen molar-refractivity contribution < 1.29 is 4.42 Å². The van der Waals surface area contributed by atoms with E-state index in [1.807, 2.05) is 26.2 Å². The Labute approximate surface area is 108 Å². The SMILES string of the molecule is CN=C(NCC(c1ccco1)N(C)C)NC1CC1. The summed E-state index contributed by atoms with van der Waals surface area (Å²) in [6.45, 7) is 0.771. The fourth-order valence-electron chi connectivity index (χ4n) is 1.83. The summed E-state index contributed by atoms with van der Waals surface area (Å²) in [7, 11) is 5.90. The second-order valence-electron chi connectivity index (χ2n) is 4.87. The first-order valence-corrected chi connectivity index (χ1v) is 6.37. The number of nitrogens with zero attached hydrogens (tertiary/aromatic N) is 2. The minimum absolute atomic E-state index is 0.206. The summed E-state index contributed by atoms with van der Waals surface area (Å²) in [5.74, 6) is 1.84. The highest BCUT2D eigenvalue weighted by Crippen LogP contribution is 2.19. The topological polar surface area (TPSA) is 52.8 Å². The molecule has 5 nitrogen and oxygen atoms in total. The van der Waals surface area contributed by atoms with Gasteiger partial charge < -0.3 is 15.1 Å². The van der Waals surface area contributed by atoms with Crippen LogP contribution in [0.2, 0.25) is 0 Å². The number of guanidine groups is 1. The Morgan fingerprint density at radius 1 is 1.56 bits per heavy atom. The minimum Gasteiger partial charge on any atom is -0.468 e. The predicted molar refractivity (Wildman–Crippen MR) is 72.7 cm³/mol. The van der Waals surface area contributed by atoms with Crippen LogP contribution < -0.4 is 10.6 Å². The van der Waals surface area contributed by atoms with E-state index in [4.69, 9.17) is 4.42 Å². The fraction of sp³-hybridized carbons (Fsp3) is 0.615. The average Bonchev–Trinajstić information content (AvgIpc) is 3.00. The van der Waals surface area contributed by atoms with Crippen molar-refractivity contribution >= 4 is 5.96 Å². The zero-order valence-electron chi connectivity index (χ0n) is 11.3. The number of likely N-dealkylation sites (N-methyl/N-ethyl adjacent to an activating group) is 1. The molecule has 0 amide bonds. The van der Waals surface area contributed by atoms with Gasteiger partial charge in [0.25, 0.3) is 0 Å². The quantitative estimate of drug-likeness (QED) is 0.609. The Balaban J connectivity index is 1.88. The highest BCUT2D eigenvalue weighted by atomic mass is 16.3. The van der Waals surface area contributed by atoms with Gasteiger partial charge in [-0.25, -0.2) is 0 Å². The van der Waals surface area contributed by atoms with Gasteiger partial charge in [-0.2, -0.15) is 0 Å². The highest BCUT2D eigenvalue weighted by Gasteiger charge is 2.23. The molecule has 2 N–H and O–H groups in total. The molecule has 1 unspecified atom stereocenters. The van der Waals surface area contributed by atoms with Gasteiger partial charge in [0.15, 0.2) is 5.96 Å². The third-order valence-corrected chi connectivity index (χ3v) is 3.10. The maximum Gasteiger partial charge on any atom is 0.191 e. The molecule has 0 aliphatic heterocycles. The van der Waals surface area contributed by atoms with Crippen LogP contribution in [-0.4, -0.2) is 44.6 Å². The molecule has 1 aromatic heterocycles. The van der Waals surface area contributed by atoms with Crippen LogP contribution in [0.3, 0.4) is 0 Å². The molecule has 18 heavy (non-hydrogen) atoms. The maximum absolute atomic E-state index is 5.47. The van der Waals surface area contributed by atoms with Crippen LogP contribution in [-0.2, 0) is 0 Å². The van der Waals surface area contributed by atoms with E-state index in [1.54, 1.807) is 13.3 Å². The predicted octanol–water partition coefficient (Wildman–Crippen LogP) is 1.21. The first-order valence-electron chi connectivity index (χ1n) is 6.37. The molecule has 1 aliphatic rings. The Morgan fingerprint density at radius 3 is 2.83 bits per heavy atom. The molecule has 1 aliphatic carbocycles. The highest BCUT2D eigenvalue weighted by molar-refractivity contribution is 5.80. The van der Waals surface area contributed by atoms with Crippen molar-refractivity contribution in [3.05, 3.63) is 24.2 Å². The van der Waals surface area contributed by atoms with E-state index in [9.17, 15) is 0 Å². The van der Waals surface area contributed by atoms with Crippen LogP contribution in [0.4, 0.5) is 0 Å². The van der Waals surface area contributed by atoms with Gasteiger partial charge in [-0.1, -0.05) is 0 Å². The molecule has 1 saturated carbocycles. The lowest BCUT2D eigenvalue weighted by Crippen LogP contribution is -2.42. The van der Waals surface area contributed by atoms with Gasteiger partial charge in [-0.05, 0) is 39.1 Å². The molecule has 0 aromatic carbocycles. The van der Waals surface area contributed by atoms with Crippen LogP contribution in [0.5, 0.6) is 0 Å². The lowest BCUT2D eigenvalue weighted by atomic mass is 10.2. The van der Waals surface area contributed by atoms with E-state index >= 15 is 0 Å². The molecule has 2 rings (SSSR count). The van der Waals surface area contributed by atoms with Crippen LogP contribution in [0.1, 0.15) is 24.6 Å². The van der Waals surface area contributed by atoms with Crippen LogP contribution in [0.25, 0.3) is 0 Å².